The third-order valence-corrected chi connectivity index (χ3v) is 5.01. The van der Waals surface area contributed by atoms with Gasteiger partial charge in [-0.2, -0.15) is 5.10 Å². The molecule has 2 heterocycles. The zero-order chi connectivity index (χ0) is 18.0. The Morgan fingerprint density at radius 1 is 1.30 bits per heavy atom. The highest BCUT2D eigenvalue weighted by Crippen LogP contribution is 2.31. The van der Waals surface area contributed by atoms with Crippen molar-refractivity contribution in [2.24, 2.45) is 18.7 Å². The molecule has 2 aromatic rings. The molecule has 3 unspecified atom stereocenters. The SMILES string of the molecule is CC(C(=O)N1CCOC(C)(c2cnn(C)c2)C1)C(N)c1ccccc1.Cl.Cl. The number of benzene rings is 1. The fourth-order valence-corrected chi connectivity index (χ4v) is 3.33. The van der Waals surface area contributed by atoms with Gasteiger partial charge in [-0.3, -0.25) is 9.48 Å². The maximum atomic E-state index is 13.0. The molecule has 1 aliphatic rings. The van der Waals surface area contributed by atoms with E-state index in [0.29, 0.717) is 19.7 Å². The van der Waals surface area contributed by atoms with E-state index in [1.54, 1.807) is 10.9 Å². The van der Waals surface area contributed by atoms with Crippen LogP contribution in [0.25, 0.3) is 0 Å². The van der Waals surface area contributed by atoms with Crippen LogP contribution in [-0.4, -0.2) is 40.3 Å². The van der Waals surface area contributed by atoms with Crippen molar-refractivity contribution in [2.75, 3.05) is 19.7 Å². The number of carbonyl (C=O) groups is 1. The number of hydrogen-bond donors (Lipinski definition) is 1. The Morgan fingerprint density at radius 2 is 1.96 bits per heavy atom. The summed E-state index contributed by atoms with van der Waals surface area (Å²) in [6.45, 7) is 5.50. The number of aromatic nitrogens is 2. The summed E-state index contributed by atoms with van der Waals surface area (Å²) < 4.78 is 7.74. The molecule has 0 radical (unpaired) electrons. The van der Waals surface area contributed by atoms with Crippen LogP contribution in [0.4, 0.5) is 0 Å². The van der Waals surface area contributed by atoms with Gasteiger partial charge in [0.1, 0.15) is 5.60 Å². The van der Waals surface area contributed by atoms with E-state index < -0.39 is 5.60 Å². The van der Waals surface area contributed by atoms with E-state index in [1.807, 2.05) is 62.3 Å². The van der Waals surface area contributed by atoms with E-state index in [-0.39, 0.29) is 42.7 Å². The molecule has 2 N–H and O–H groups in total. The summed E-state index contributed by atoms with van der Waals surface area (Å²) in [6, 6.07) is 9.45. The monoisotopic (exact) mass is 414 g/mol. The van der Waals surface area contributed by atoms with Gasteiger partial charge in [0, 0.05) is 31.4 Å². The lowest BCUT2D eigenvalue weighted by atomic mass is 9.92. The molecule has 1 aliphatic heterocycles. The van der Waals surface area contributed by atoms with Crippen LogP contribution in [0.5, 0.6) is 0 Å². The number of aryl methyl sites for hydroxylation is 1. The van der Waals surface area contributed by atoms with Gasteiger partial charge < -0.3 is 15.4 Å². The Bertz CT molecular complexity index is 740. The largest absolute Gasteiger partial charge is 0.367 e. The minimum Gasteiger partial charge on any atom is -0.367 e. The van der Waals surface area contributed by atoms with Gasteiger partial charge in [0.2, 0.25) is 5.91 Å². The molecule has 3 rings (SSSR count). The van der Waals surface area contributed by atoms with Crippen molar-refractivity contribution in [3.8, 4) is 0 Å². The summed E-state index contributed by atoms with van der Waals surface area (Å²) in [5.41, 5.74) is 7.75. The summed E-state index contributed by atoms with van der Waals surface area (Å²) in [6.07, 6.45) is 3.74. The second-order valence-corrected chi connectivity index (χ2v) is 6.97. The molecule has 1 amide bonds. The molecule has 1 aromatic carbocycles. The van der Waals surface area contributed by atoms with Gasteiger partial charge in [0.05, 0.1) is 25.3 Å². The van der Waals surface area contributed by atoms with Gasteiger partial charge in [-0.15, -0.1) is 24.8 Å². The second kappa shape index (κ2) is 9.55. The second-order valence-electron chi connectivity index (χ2n) is 6.97. The average Bonchev–Trinajstić information content (AvgIpc) is 3.08. The third kappa shape index (κ3) is 5.02. The number of carbonyl (C=O) groups excluding carboxylic acids is 1. The maximum absolute atomic E-state index is 13.0. The van der Waals surface area contributed by atoms with Crippen LogP contribution in [0.2, 0.25) is 0 Å². The Balaban J connectivity index is 0.00000182. The third-order valence-electron chi connectivity index (χ3n) is 5.01. The van der Waals surface area contributed by atoms with Crippen molar-refractivity contribution < 1.29 is 9.53 Å². The van der Waals surface area contributed by atoms with Crippen LogP contribution in [0.1, 0.15) is 31.0 Å². The number of halogens is 2. The standard InChI is InChI=1S/C19H26N4O2.2ClH/c1-14(17(20)15-7-5-4-6-8-15)18(24)23-9-10-25-19(2,13-23)16-11-21-22(3)12-16;;/h4-8,11-12,14,17H,9-10,13,20H2,1-3H3;2*1H. The van der Waals surface area contributed by atoms with E-state index in [0.717, 1.165) is 11.1 Å². The van der Waals surface area contributed by atoms with Gasteiger partial charge in [0.25, 0.3) is 0 Å². The minimum absolute atomic E-state index is 0. The van der Waals surface area contributed by atoms with Crippen molar-refractivity contribution >= 4 is 30.7 Å². The summed E-state index contributed by atoms with van der Waals surface area (Å²) in [5.74, 6) is -0.228. The summed E-state index contributed by atoms with van der Waals surface area (Å²) in [7, 11) is 1.87. The molecule has 3 atom stereocenters. The number of ether oxygens (including phenoxy) is 1. The first-order chi connectivity index (χ1) is 11.9. The number of rotatable bonds is 4. The topological polar surface area (TPSA) is 73.4 Å². The molecule has 6 nitrogen and oxygen atoms in total. The van der Waals surface area contributed by atoms with E-state index in [2.05, 4.69) is 5.10 Å². The fourth-order valence-electron chi connectivity index (χ4n) is 3.33. The fraction of sp³-hybridized carbons (Fsp3) is 0.474. The van der Waals surface area contributed by atoms with Gasteiger partial charge in [-0.05, 0) is 12.5 Å². The van der Waals surface area contributed by atoms with Crippen molar-refractivity contribution in [3.63, 3.8) is 0 Å². The Kier molecular flexibility index (Phi) is 8.29. The zero-order valence-electron chi connectivity index (χ0n) is 15.9. The van der Waals surface area contributed by atoms with E-state index in [1.165, 1.54) is 0 Å². The summed E-state index contributed by atoms with van der Waals surface area (Å²) in [5, 5.41) is 4.22. The van der Waals surface area contributed by atoms with Gasteiger partial charge >= 0.3 is 0 Å². The highest BCUT2D eigenvalue weighted by molar-refractivity contribution is 5.85. The number of morpholine rings is 1. The summed E-state index contributed by atoms with van der Waals surface area (Å²) >= 11 is 0. The molecule has 0 spiro atoms. The van der Waals surface area contributed by atoms with Crippen LogP contribution in [-0.2, 0) is 22.2 Å². The molecule has 0 bridgehead atoms. The first-order valence-electron chi connectivity index (χ1n) is 8.63. The van der Waals surface area contributed by atoms with Gasteiger partial charge in [-0.25, -0.2) is 0 Å². The highest BCUT2D eigenvalue weighted by Gasteiger charge is 2.38. The number of hydrogen-bond acceptors (Lipinski definition) is 4. The lowest BCUT2D eigenvalue weighted by Crippen LogP contribution is -2.52. The molecule has 1 saturated heterocycles. The number of nitrogens with zero attached hydrogens (tertiary/aromatic N) is 3. The first kappa shape index (κ1) is 23.4. The summed E-state index contributed by atoms with van der Waals surface area (Å²) in [4.78, 5) is 14.9. The molecule has 1 aromatic heterocycles. The van der Waals surface area contributed by atoms with E-state index >= 15 is 0 Å². The Hall–Kier alpha value is -1.60. The lowest BCUT2D eigenvalue weighted by Gasteiger charge is -2.41. The molecule has 27 heavy (non-hydrogen) atoms. The van der Waals surface area contributed by atoms with Crippen LogP contribution in [0.3, 0.4) is 0 Å². The van der Waals surface area contributed by atoms with E-state index in [9.17, 15) is 4.79 Å². The molecular weight excluding hydrogens is 387 g/mol. The van der Waals surface area contributed by atoms with E-state index in [4.69, 9.17) is 10.5 Å². The van der Waals surface area contributed by atoms with Gasteiger partial charge in [0.15, 0.2) is 0 Å². The van der Waals surface area contributed by atoms with Crippen LogP contribution < -0.4 is 5.73 Å². The quantitative estimate of drug-likeness (QED) is 0.834. The predicted molar refractivity (Wildman–Crippen MR) is 110 cm³/mol. The average molecular weight is 415 g/mol. The minimum atomic E-state index is -0.543. The van der Waals surface area contributed by atoms with Crippen LogP contribution in [0, 0.1) is 5.92 Å². The Morgan fingerprint density at radius 3 is 2.56 bits per heavy atom. The number of amides is 1. The zero-order valence-corrected chi connectivity index (χ0v) is 17.5. The molecular formula is C19H28Cl2N4O2. The number of nitrogens with two attached hydrogens (primary N) is 1. The van der Waals surface area contributed by atoms with Gasteiger partial charge in [-0.1, -0.05) is 37.3 Å². The van der Waals surface area contributed by atoms with Crippen molar-refractivity contribution in [2.45, 2.75) is 25.5 Å². The normalized spacial score (nSPS) is 21.6. The molecule has 0 saturated carbocycles. The lowest BCUT2D eigenvalue weighted by molar-refractivity contribution is -0.153. The predicted octanol–water partition coefficient (Wildman–Crippen LogP) is 2.67. The van der Waals surface area contributed by atoms with Crippen molar-refractivity contribution in [3.05, 3.63) is 53.9 Å². The molecule has 150 valence electrons. The van der Waals surface area contributed by atoms with Crippen LogP contribution >= 0.6 is 24.8 Å². The van der Waals surface area contributed by atoms with Crippen molar-refractivity contribution in [1.82, 2.24) is 14.7 Å². The van der Waals surface area contributed by atoms with Crippen LogP contribution in [0.15, 0.2) is 42.7 Å². The first-order valence-corrected chi connectivity index (χ1v) is 8.63. The maximum Gasteiger partial charge on any atom is 0.227 e. The molecule has 1 fully saturated rings. The Labute approximate surface area is 172 Å². The molecule has 8 heteroatoms. The highest BCUT2D eigenvalue weighted by atomic mass is 35.5. The van der Waals surface area contributed by atoms with Crippen molar-refractivity contribution in [1.29, 1.82) is 0 Å². The molecule has 0 aliphatic carbocycles. The smallest absolute Gasteiger partial charge is 0.227 e.